The SMILES string of the molecule is CC(C)(N)C(=O)N1CCN(C(=O)Nc2ccn(-c3ccc(CN4CCC(N)CC4)cc3)c(=O)n2)C[C@H]1C(=O)O.O=C(O)C(F)(F)F. The zero-order valence-corrected chi connectivity index (χ0v) is 25.2. The van der Waals surface area contributed by atoms with E-state index in [2.05, 4.69) is 15.2 Å². The van der Waals surface area contributed by atoms with E-state index in [-0.39, 0.29) is 31.5 Å². The number of anilines is 1. The summed E-state index contributed by atoms with van der Waals surface area (Å²) in [6.45, 7) is 5.65. The third-order valence-electron chi connectivity index (χ3n) is 7.30. The number of carboxylic acids is 2. The van der Waals surface area contributed by atoms with Gasteiger partial charge in [-0.2, -0.15) is 18.2 Å². The van der Waals surface area contributed by atoms with Crippen molar-refractivity contribution in [1.29, 1.82) is 0 Å². The van der Waals surface area contributed by atoms with Crippen LogP contribution in [0.25, 0.3) is 5.69 Å². The molecule has 3 amide bonds. The van der Waals surface area contributed by atoms with Gasteiger partial charge in [0, 0.05) is 31.9 Å². The standard InChI is InChI=1S/C26H36N8O5.C2HF3O2/c1-26(2,28)23(37)34-14-13-32(16-20(34)22(35)36)24(38)29-21-9-12-33(25(39)30-21)19-5-3-17(4-6-19)15-31-10-7-18(27)8-11-31;3-2(4,5)1(6)7/h3-6,9,12,18,20H,7-8,10-11,13-16,27-28H2,1-2H3,(H,35,36)(H,29,30,38,39);(H,6,7)/t20-;/m0./s1. The molecule has 4 rings (SSSR count). The number of nitrogens with zero attached hydrogens (tertiary/aromatic N) is 5. The van der Waals surface area contributed by atoms with Crippen LogP contribution in [0.4, 0.5) is 23.8 Å². The maximum absolute atomic E-state index is 12.8. The summed E-state index contributed by atoms with van der Waals surface area (Å²) in [4.78, 5) is 67.6. The monoisotopic (exact) mass is 654 g/mol. The summed E-state index contributed by atoms with van der Waals surface area (Å²) in [7, 11) is 0. The van der Waals surface area contributed by atoms with Gasteiger partial charge in [0.25, 0.3) is 0 Å². The maximum atomic E-state index is 12.8. The lowest BCUT2D eigenvalue weighted by Gasteiger charge is -2.41. The number of piperazine rings is 1. The van der Waals surface area contributed by atoms with E-state index in [9.17, 15) is 37.5 Å². The fourth-order valence-corrected chi connectivity index (χ4v) is 4.78. The Balaban J connectivity index is 0.000000738. The maximum Gasteiger partial charge on any atom is 0.490 e. The van der Waals surface area contributed by atoms with Crippen LogP contribution in [0.1, 0.15) is 32.3 Å². The van der Waals surface area contributed by atoms with Crippen molar-refractivity contribution in [3.05, 3.63) is 52.6 Å². The predicted molar refractivity (Wildman–Crippen MR) is 158 cm³/mol. The number of alkyl halides is 3. The molecule has 18 heteroatoms. The molecule has 2 aliphatic heterocycles. The van der Waals surface area contributed by atoms with Gasteiger partial charge in [-0.15, -0.1) is 0 Å². The molecule has 0 aliphatic carbocycles. The summed E-state index contributed by atoms with van der Waals surface area (Å²) in [5.41, 5.74) is 11.8. The zero-order valence-electron chi connectivity index (χ0n) is 25.2. The van der Waals surface area contributed by atoms with Crippen LogP contribution in [0.3, 0.4) is 0 Å². The lowest BCUT2D eigenvalue weighted by molar-refractivity contribution is -0.192. The summed E-state index contributed by atoms with van der Waals surface area (Å²) < 4.78 is 33.1. The topological polar surface area (TPSA) is 217 Å². The van der Waals surface area contributed by atoms with Gasteiger partial charge in [0.1, 0.15) is 11.9 Å². The molecule has 2 fully saturated rings. The first kappa shape index (κ1) is 35.9. The van der Waals surface area contributed by atoms with Crippen LogP contribution in [0.2, 0.25) is 0 Å². The quantitative estimate of drug-likeness (QED) is 0.291. The lowest BCUT2D eigenvalue weighted by atomic mass is 10.0. The molecule has 1 aromatic carbocycles. The molecule has 0 saturated carbocycles. The summed E-state index contributed by atoms with van der Waals surface area (Å²) in [5.74, 6) is -4.47. The molecular formula is C28H37F3N8O7. The van der Waals surface area contributed by atoms with Gasteiger partial charge in [0.2, 0.25) is 5.91 Å². The second-order valence-corrected chi connectivity index (χ2v) is 11.5. The molecule has 3 heterocycles. The Morgan fingerprint density at radius 1 is 1.00 bits per heavy atom. The molecule has 15 nitrogen and oxygen atoms in total. The number of amides is 3. The third-order valence-corrected chi connectivity index (χ3v) is 7.30. The fraction of sp³-hybridized carbons (Fsp3) is 0.500. The van der Waals surface area contributed by atoms with E-state index >= 15 is 0 Å². The number of likely N-dealkylation sites (tertiary alicyclic amines) is 1. The van der Waals surface area contributed by atoms with Crippen molar-refractivity contribution in [2.24, 2.45) is 11.5 Å². The predicted octanol–water partition coefficient (Wildman–Crippen LogP) is 0.656. The second kappa shape index (κ2) is 14.7. The number of benzene rings is 1. The third kappa shape index (κ3) is 9.72. The first-order valence-corrected chi connectivity index (χ1v) is 14.2. The number of aromatic nitrogens is 2. The van der Waals surface area contributed by atoms with Gasteiger partial charge in [0.15, 0.2) is 0 Å². The first-order chi connectivity index (χ1) is 21.4. The fourth-order valence-electron chi connectivity index (χ4n) is 4.78. The largest absolute Gasteiger partial charge is 0.490 e. The molecular weight excluding hydrogens is 617 g/mol. The smallest absolute Gasteiger partial charge is 0.480 e. The number of hydrogen-bond acceptors (Lipinski definition) is 9. The van der Waals surface area contributed by atoms with Crippen LogP contribution < -0.4 is 22.5 Å². The minimum atomic E-state index is -5.08. The Bertz CT molecular complexity index is 1470. The molecule has 2 aromatic rings. The highest BCUT2D eigenvalue weighted by Crippen LogP contribution is 2.18. The zero-order chi connectivity index (χ0) is 34.4. The van der Waals surface area contributed by atoms with Gasteiger partial charge >= 0.3 is 29.8 Å². The molecule has 0 unspecified atom stereocenters. The van der Waals surface area contributed by atoms with Crippen molar-refractivity contribution in [3.63, 3.8) is 0 Å². The minimum Gasteiger partial charge on any atom is -0.480 e. The molecule has 1 atom stereocenters. The molecule has 0 spiro atoms. The number of carboxylic acid groups (broad SMARTS) is 2. The number of rotatable bonds is 6. The van der Waals surface area contributed by atoms with Gasteiger partial charge in [-0.1, -0.05) is 12.1 Å². The van der Waals surface area contributed by atoms with Crippen molar-refractivity contribution < 1.29 is 42.6 Å². The molecule has 2 aliphatic rings. The van der Waals surface area contributed by atoms with E-state index < -0.39 is 47.3 Å². The highest BCUT2D eigenvalue weighted by molar-refractivity contribution is 5.92. The Morgan fingerprint density at radius 2 is 1.59 bits per heavy atom. The van der Waals surface area contributed by atoms with Crippen molar-refractivity contribution in [2.75, 3.05) is 38.0 Å². The number of carbonyl (C=O) groups is 4. The number of piperidine rings is 1. The average molecular weight is 655 g/mol. The first-order valence-electron chi connectivity index (χ1n) is 14.2. The van der Waals surface area contributed by atoms with Gasteiger partial charge in [-0.3, -0.25) is 19.6 Å². The van der Waals surface area contributed by atoms with Crippen molar-refractivity contribution in [1.82, 2.24) is 24.3 Å². The van der Waals surface area contributed by atoms with E-state index in [0.29, 0.717) is 5.69 Å². The number of aliphatic carboxylic acids is 2. The molecule has 0 bridgehead atoms. The number of carbonyl (C=O) groups excluding carboxylic acids is 2. The van der Waals surface area contributed by atoms with E-state index in [0.717, 1.165) is 38.0 Å². The average Bonchev–Trinajstić information content (AvgIpc) is 2.97. The highest BCUT2D eigenvalue weighted by atomic mass is 19.4. The normalized spacial score (nSPS) is 17.9. The van der Waals surface area contributed by atoms with Crippen LogP contribution in [0.15, 0.2) is 41.3 Å². The summed E-state index contributed by atoms with van der Waals surface area (Å²) >= 11 is 0. The van der Waals surface area contributed by atoms with Gasteiger partial charge in [0.05, 0.1) is 17.8 Å². The van der Waals surface area contributed by atoms with Crippen LogP contribution in [-0.2, 0) is 20.9 Å². The Hall–Kier alpha value is -4.55. The molecule has 2 saturated heterocycles. The molecule has 0 radical (unpaired) electrons. The minimum absolute atomic E-state index is 0.0141. The van der Waals surface area contributed by atoms with Gasteiger partial charge < -0.3 is 31.5 Å². The van der Waals surface area contributed by atoms with Crippen molar-refractivity contribution in [3.8, 4) is 5.69 Å². The van der Waals surface area contributed by atoms with Gasteiger partial charge in [-0.05, 0) is 63.5 Å². The van der Waals surface area contributed by atoms with Crippen LogP contribution in [0, 0.1) is 0 Å². The van der Waals surface area contributed by atoms with E-state index in [4.69, 9.17) is 21.4 Å². The van der Waals surface area contributed by atoms with E-state index in [1.54, 1.807) is 0 Å². The van der Waals surface area contributed by atoms with Gasteiger partial charge in [-0.25, -0.2) is 19.2 Å². The lowest BCUT2D eigenvalue weighted by Crippen LogP contribution is -2.64. The van der Waals surface area contributed by atoms with Crippen LogP contribution >= 0.6 is 0 Å². The number of halogens is 3. The second-order valence-electron chi connectivity index (χ2n) is 11.5. The summed E-state index contributed by atoms with van der Waals surface area (Å²) in [5, 5.41) is 19.3. The molecule has 7 N–H and O–H groups in total. The molecule has 252 valence electrons. The van der Waals surface area contributed by atoms with Crippen LogP contribution in [0.5, 0.6) is 0 Å². The number of nitrogens with two attached hydrogens (primary N) is 2. The van der Waals surface area contributed by atoms with Crippen LogP contribution in [-0.4, -0.2) is 115 Å². The van der Waals surface area contributed by atoms with E-state index in [1.165, 1.54) is 40.5 Å². The number of nitrogens with one attached hydrogen (secondary N) is 1. The van der Waals surface area contributed by atoms with Crippen molar-refractivity contribution >= 4 is 29.7 Å². The molecule has 1 aromatic heterocycles. The number of hydrogen-bond donors (Lipinski definition) is 5. The Kier molecular flexibility index (Phi) is 11.5. The highest BCUT2D eigenvalue weighted by Gasteiger charge is 2.41. The van der Waals surface area contributed by atoms with E-state index in [1.807, 2.05) is 24.3 Å². The van der Waals surface area contributed by atoms with Crippen molar-refractivity contribution in [2.45, 2.75) is 57.0 Å². The number of urea groups is 1. The summed E-state index contributed by atoms with van der Waals surface area (Å²) in [6.07, 6.45) is -1.58. The molecule has 46 heavy (non-hydrogen) atoms. The Labute approximate surface area is 261 Å². The summed E-state index contributed by atoms with van der Waals surface area (Å²) in [6, 6.07) is 7.56. The Morgan fingerprint density at radius 3 is 2.09 bits per heavy atom.